The average molecular weight is 687 g/mol. The van der Waals surface area contributed by atoms with Crippen LogP contribution in [-0.4, -0.2) is 9.97 Å². The zero-order valence-corrected chi connectivity index (χ0v) is 29.6. The maximum atomic E-state index is 5.11. The summed E-state index contributed by atoms with van der Waals surface area (Å²) in [5, 5.41) is 9.78. The van der Waals surface area contributed by atoms with Crippen LogP contribution in [0.2, 0.25) is 0 Å². The molecule has 11 rings (SSSR count). The highest BCUT2D eigenvalue weighted by molar-refractivity contribution is 6.22. The second-order valence-electron chi connectivity index (χ2n) is 14.5. The molecule has 0 spiro atoms. The van der Waals surface area contributed by atoms with E-state index < -0.39 is 0 Å². The third-order valence-corrected chi connectivity index (χ3v) is 11.3. The highest BCUT2D eigenvalue weighted by Gasteiger charge is 2.19. The van der Waals surface area contributed by atoms with Crippen LogP contribution >= 0.6 is 0 Å². The van der Waals surface area contributed by atoms with Crippen molar-refractivity contribution in [3.63, 3.8) is 0 Å². The van der Waals surface area contributed by atoms with E-state index in [9.17, 15) is 0 Å². The molecular formula is C52H34N2. The van der Waals surface area contributed by atoms with Crippen LogP contribution in [0.5, 0.6) is 0 Å². The number of hydrogen-bond donors (Lipinski definition) is 0. The third kappa shape index (κ3) is 5.03. The Morgan fingerprint density at radius 3 is 1.91 bits per heavy atom. The Morgan fingerprint density at radius 1 is 0.407 bits per heavy atom. The highest BCUT2D eigenvalue weighted by Crippen LogP contribution is 2.46. The zero-order chi connectivity index (χ0) is 35.6. The lowest BCUT2D eigenvalue weighted by Crippen LogP contribution is -1.96. The van der Waals surface area contributed by atoms with Crippen molar-refractivity contribution < 1.29 is 0 Å². The largest absolute Gasteiger partial charge is 0.254 e. The number of pyridine rings is 2. The molecule has 252 valence electrons. The van der Waals surface area contributed by atoms with Crippen molar-refractivity contribution in [1.82, 2.24) is 9.97 Å². The van der Waals surface area contributed by atoms with Gasteiger partial charge in [-0.25, -0.2) is 4.98 Å². The van der Waals surface area contributed by atoms with E-state index in [0.717, 1.165) is 45.9 Å². The number of nitrogens with zero attached hydrogens (tertiary/aromatic N) is 2. The smallest absolute Gasteiger partial charge is 0.0972 e. The molecule has 8 aromatic carbocycles. The highest BCUT2D eigenvalue weighted by atomic mass is 14.7. The minimum atomic E-state index is 0.935. The molecule has 0 radical (unpaired) electrons. The van der Waals surface area contributed by atoms with Gasteiger partial charge < -0.3 is 0 Å². The van der Waals surface area contributed by atoms with Crippen LogP contribution in [-0.2, 0) is 6.42 Å². The van der Waals surface area contributed by atoms with Crippen LogP contribution in [0.15, 0.2) is 176 Å². The van der Waals surface area contributed by atoms with Crippen molar-refractivity contribution in [3.8, 4) is 44.6 Å². The Labute approximate surface area is 313 Å². The molecule has 1 aliphatic carbocycles. The Balaban J connectivity index is 1.10. The number of rotatable bonds is 4. The Bertz CT molecular complexity index is 3150. The third-order valence-electron chi connectivity index (χ3n) is 11.3. The standard InChI is InChI=1S/C52H34N2/c1-3-10-39-30-42(23-17-33(39)8-1)49-44-13-5-6-14-45(44)50(43-24-18-34-9-2-4-11-40(34)31-43)47-32-41(25-27-46(47)49)35-15-19-36(20-16-35)48-28-26-38-22-21-37-12-7-29-53-51(37)52(38)54-48/h1-3,5-10,12-32H,4,11H2. The van der Waals surface area contributed by atoms with E-state index in [1.807, 2.05) is 12.3 Å². The first kappa shape index (κ1) is 30.7. The molecule has 2 aromatic heterocycles. The van der Waals surface area contributed by atoms with E-state index in [-0.39, 0.29) is 0 Å². The molecular weight excluding hydrogens is 653 g/mol. The summed E-state index contributed by atoms with van der Waals surface area (Å²) in [4.78, 5) is 9.78. The van der Waals surface area contributed by atoms with Crippen molar-refractivity contribution in [2.24, 2.45) is 0 Å². The fourth-order valence-electron chi connectivity index (χ4n) is 8.63. The van der Waals surface area contributed by atoms with Gasteiger partial charge in [0.15, 0.2) is 0 Å². The fourth-order valence-corrected chi connectivity index (χ4v) is 8.63. The van der Waals surface area contributed by atoms with E-state index in [4.69, 9.17) is 4.98 Å². The van der Waals surface area contributed by atoms with E-state index in [2.05, 4.69) is 175 Å². The summed E-state index contributed by atoms with van der Waals surface area (Å²) in [6, 6.07) is 60.1. The molecule has 0 fully saturated rings. The summed E-state index contributed by atoms with van der Waals surface area (Å²) < 4.78 is 0. The molecule has 2 heterocycles. The van der Waals surface area contributed by atoms with Gasteiger partial charge in [0.2, 0.25) is 0 Å². The molecule has 0 saturated carbocycles. The predicted molar refractivity (Wildman–Crippen MR) is 229 cm³/mol. The van der Waals surface area contributed by atoms with Crippen molar-refractivity contribution in [2.45, 2.75) is 12.8 Å². The van der Waals surface area contributed by atoms with Crippen LogP contribution in [0.25, 0.3) is 105 Å². The van der Waals surface area contributed by atoms with E-state index in [1.165, 1.54) is 76.8 Å². The SMILES string of the molecule is C1=Cc2ccc(-c3c4ccccc4c(-c4ccc5ccccc5c4)c4ccc(-c5ccc(-c6ccc7ccc8cccnc8c7n6)cc5)cc34)cc2CC1. The molecule has 0 amide bonds. The minimum absolute atomic E-state index is 0.935. The van der Waals surface area contributed by atoms with Gasteiger partial charge in [0.05, 0.1) is 16.7 Å². The van der Waals surface area contributed by atoms with Crippen LogP contribution in [0.1, 0.15) is 17.5 Å². The monoisotopic (exact) mass is 686 g/mol. The van der Waals surface area contributed by atoms with Crippen molar-refractivity contribution in [3.05, 3.63) is 187 Å². The lowest BCUT2D eigenvalue weighted by atomic mass is 9.83. The molecule has 0 N–H and O–H groups in total. The lowest BCUT2D eigenvalue weighted by molar-refractivity contribution is 0.986. The summed E-state index contributed by atoms with van der Waals surface area (Å²) in [7, 11) is 0. The number of allylic oxidation sites excluding steroid dienone is 1. The van der Waals surface area contributed by atoms with Gasteiger partial charge in [-0.3, -0.25) is 4.98 Å². The van der Waals surface area contributed by atoms with Crippen LogP contribution < -0.4 is 0 Å². The van der Waals surface area contributed by atoms with E-state index in [1.54, 1.807) is 0 Å². The van der Waals surface area contributed by atoms with E-state index in [0.29, 0.717) is 0 Å². The summed E-state index contributed by atoms with van der Waals surface area (Å²) >= 11 is 0. The fraction of sp³-hybridized carbons (Fsp3) is 0.0385. The molecule has 1 aliphatic rings. The second kappa shape index (κ2) is 12.4. The first-order valence-electron chi connectivity index (χ1n) is 18.8. The van der Waals surface area contributed by atoms with Crippen molar-refractivity contribution in [2.75, 3.05) is 0 Å². The molecule has 0 aliphatic heterocycles. The van der Waals surface area contributed by atoms with Crippen LogP contribution in [0, 0.1) is 0 Å². The number of fused-ring (bicyclic) bond motifs is 7. The predicted octanol–water partition coefficient (Wildman–Crippen LogP) is 13.9. The maximum absolute atomic E-state index is 5.11. The number of hydrogen-bond acceptors (Lipinski definition) is 2. The summed E-state index contributed by atoms with van der Waals surface area (Å²) in [5.74, 6) is 0. The molecule has 0 atom stereocenters. The first-order valence-corrected chi connectivity index (χ1v) is 18.8. The summed E-state index contributed by atoms with van der Waals surface area (Å²) in [6.07, 6.45) is 8.56. The zero-order valence-electron chi connectivity index (χ0n) is 29.6. The number of benzene rings is 8. The van der Waals surface area contributed by atoms with Crippen molar-refractivity contribution >= 4 is 60.2 Å². The van der Waals surface area contributed by atoms with Crippen LogP contribution in [0.4, 0.5) is 0 Å². The quantitative estimate of drug-likeness (QED) is 0.136. The Morgan fingerprint density at radius 2 is 1.04 bits per heavy atom. The van der Waals surface area contributed by atoms with Gasteiger partial charge in [0.1, 0.15) is 0 Å². The number of aromatic nitrogens is 2. The Kier molecular flexibility index (Phi) is 7.03. The van der Waals surface area contributed by atoms with Gasteiger partial charge >= 0.3 is 0 Å². The normalized spacial score (nSPS) is 12.6. The van der Waals surface area contributed by atoms with Gasteiger partial charge in [0, 0.05) is 22.5 Å². The van der Waals surface area contributed by atoms with Crippen molar-refractivity contribution in [1.29, 1.82) is 0 Å². The summed E-state index contributed by atoms with van der Waals surface area (Å²) in [6.45, 7) is 0. The molecule has 0 bridgehead atoms. The van der Waals surface area contributed by atoms with Gasteiger partial charge in [-0.2, -0.15) is 0 Å². The molecule has 2 nitrogen and oxygen atoms in total. The van der Waals surface area contributed by atoms with Gasteiger partial charge in [-0.15, -0.1) is 0 Å². The molecule has 10 aromatic rings. The topological polar surface area (TPSA) is 25.8 Å². The van der Waals surface area contributed by atoms with Gasteiger partial charge in [-0.1, -0.05) is 152 Å². The second-order valence-corrected chi connectivity index (χ2v) is 14.5. The van der Waals surface area contributed by atoms with Crippen LogP contribution in [0.3, 0.4) is 0 Å². The summed E-state index contributed by atoms with van der Waals surface area (Å²) in [5.41, 5.74) is 14.1. The molecule has 0 unspecified atom stereocenters. The lowest BCUT2D eigenvalue weighted by Gasteiger charge is -2.20. The average Bonchev–Trinajstić information content (AvgIpc) is 3.25. The number of aryl methyl sites for hydroxylation is 1. The van der Waals surface area contributed by atoms with Gasteiger partial charge in [-0.05, 0) is 114 Å². The van der Waals surface area contributed by atoms with E-state index >= 15 is 0 Å². The van der Waals surface area contributed by atoms with Gasteiger partial charge in [0.25, 0.3) is 0 Å². The first-order chi connectivity index (χ1) is 26.7. The minimum Gasteiger partial charge on any atom is -0.254 e. The molecule has 0 saturated heterocycles. The molecule has 54 heavy (non-hydrogen) atoms. The molecule has 2 heteroatoms. The Hall–Kier alpha value is -6.90. The maximum Gasteiger partial charge on any atom is 0.0972 e.